The van der Waals surface area contributed by atoms with Crippen molar-refractivity contribution in [2.75, 3.05) is 19.0 Å². The van der Waals surface area contributed by atoms with E-state index in [1.165, 1.54) is 0 Å². The van der Waals surface area contributed by atoms with Crippen LogP contribution in [0.15, 0.2) is 17.1 Å². The van der Waals surface area contributed by atoms with Gasteiger partial charge in [0.15, 0.2) is 6.23 Å². The topological polar surface area (TPSA) is 250 Å². The Morgan fingerprint density at radius 3 is 2.39 bits per heavy atom. The van der Waals surface area contributed by atoms with Crippen molar-refractivity contribution in [1.29, 1.82) is 0 Å². The summed E-state index contributed by atoms with van der Waals surface area (Å²) in [5.41, 5.74) is 4.32. The Labute approximate surface area is 176 Å². The lowest BCUT2D eigenvalue weighted by Crippen LogP contribution is -2.46. The highest BCUT2D eigenvalue weighted by molar-refractivity contribution is 7.66. The third-order valence-corrected chi connectivity index (χ3v) is 8.00. The molecule has 1 aromatic heterocycles. The van der Waals surface area contributed by atoms with Gasteiger partial charge < -0.3 is 35.2 Å². The molecule has 1 aliphatic heterocycles. The van der Waals surface area contributed by atoms with Crippen LogP contribution in [0, 0.1) is 0 Å². The largest absolute Gasteiger partial charge is 0.490 e. The summed E-state index contributed by atoms with van der Waals surface area (Å²) in [5, 5.41) is 10.3. The molecule has 178 valence electrons. The molecule has 6 atom stereocenters. The Hall–Kier alpha value is -0.770. The molecule has 0 amide bonds. The first-order valence-electron chi connectivity index (χ1n) is 7.71. The second-order valence-electron chi connectivity index (χ2n) is 5.96. The van der Waals surface area contributed by atoms with E-state index in [1.54, 1.807) is 0 Å². The molecule has 0 saturated carbocycles. The van der Waals surface area contributed by atoms with Gasteiger partial charge in [-0.3, -0.25) is 9.09 Å². The van der Waals surface area contributed by atoms with Gasteiger partial charge in [-0.2, -0.15) is 13.6 Å². The van der Waals surface area contributed by atoms with Gasteiger partial charge in [0.2, 0.25) is 0 Å². The Morgan fingerprint density at radius 2 is 1.87 bits per heavy atom. The van der Waals surface area contributed by atoms with Crippen LogP contribution in [0.2, 0.25) is 0 Å². The average molecular weight is 534 g/mol. The van der Waals surface area contributed by atoms with Crippen LogP contribution in [-0.2, 0) is 31.6 Å². The smallest absolute Gasteiger partial charge is 0.388 e. The Balaban J connectivity index is 2.17. The number of ether oxygens (including phenoxy) is 1. The van der Waals surface area contributed by atoms with Crippen LogP contribution in [0.5, 0.6) is 0 Å². The van der Waals surface area contributed by atoms with Gasteiger partial charge in [0.25, 0.3) is 0 Å². The summed E-state index contributed by atoms with van der Waals surface area (Å²) in [6.45, 7) is -2.57. The molecule has 31 heavy (non-hydrogen) atoms. The number of hydrogen-bond acceptors (Lipinski definition) is 11. The van der Waals surface area contributed by atoms with Crippen LogP contribution in [0.3, 0.4) is 0 Å². The predicted octanol–water partition coefficient (Wildman–Crippen LogP) is -0.626. The molecule has 2 rings (SSSR count). The van der Waals surface area contributed by atoms with Crippen LogP contribution in [0.1, 0.15) is 6.23 Å². The number of nitrogen functional groups attached to an aromatic ring is 1. The van der Waals surface area contributed by atoms with Gasteiger partial charge in [-0.05, 0) is 6.07 Å². The average Bonchev–Trinajstić information content (AvgIpc) is 2.82. The van der Waals surface area contributed by atoms with Crippen molar-refractivity contribution in [3.8, 4) is 0 Å². The molecular weight excluding hydrogens is 517 g/mol. The number of anilines is 1. The molecule has 16 nitrogen and oxygen atoms in total. The van der Waals surface area contributed by atoms with E-state index in [0.29, 0.717) is 4.57 Å². The predicted molar refractivity (Wildman–Crippen MR) is 97.2 cm³/mol. The highest BCUT2D eigenvalue weighted by Gasteiger charge is 2.57. The van der Waals surface area contributed by atoms with Crippen molar-refractivity contribution in [2.45, 2.75) is 23.3 Å². The third kappa shape index (κ3) is 6.62. The highest BCUT2D eigenvalue weighted by Crippen LogP contribution is 2.66. The van der Waals surface area contributed by atoms with E-state index in [0.717, 1.165) is 12.3 Å². The molecule has 2 heterocycles. The van der Waals surface area contributed by atoms with Crippen molar-refractivity contribution >= 4 is 40.9 Å². The highest BCUT2D eigenvalue weighted by atomic mass is 35.5. The normalized spacial score (nSPS) is 30.6. The quantitative estimate of drug-likeness (QED) is 0.171. The van der Waals surface area contributed by atoms with E-state index in [2.05, 4.69) is 18.1 Å². The number of aliphatic hydroxyl groups is 1. The molecule has 0 spiro atoms. The Kier molecular flexibility index (Phi) is 7.89. The van der Waals surface area contributed by atoms with Gasteiger partial charge >= 0.3 is 29.2 Å². The summed E-state index contributed by atoms with van der Waals surface area (Å²) >= 11 is 6.06. The molecule has 3 unspecified atom stereocenters. The summed E-state index contributed by atoms with van der Waals surface area (Å²) in [6.07, 6.45) is -4.29. The minimum atomic E-state index is -5.77. The number of nitrogens with zero attached hydrogens (tertiary/aromatic N) is 2. The van der Waals surface area contributed by atoms with Crippen molar-refractivity contribution in [3.63, 3.8) is 0 Å². The number of halogens is 2. The number of alkyl halides is 2. The summed E-state index contributed by atoms with van der Waals surface area (Å²) in [7, 11) is -16.9. The Bertz CT molecular complexity index is 1020. The monoisotopic (exact) mass is 533 g/mol. The second kappa shape index (κ2) is 9.23. The van der Waals surface area contributed by atoms with E-state index in [9.17, 15) is 32.9 Å². The minimum Gasteiger partial charge on any atom is -0.388 e. The number of nitrogens with two attached hydrogens (primary N) is 1. The molecule has 0 bridgehead atoms. The van der Waals surface area contributed by atoms with Crippen molar-refractivity contribution in [2.24, 2.45) is 0 Å². The van der Waals surface area contributed by atoms with Gasteiger partial charge in [-0.15, -0.1) is 11.6 Å². The zero-order chi connectivity index (χ0) is 23.8. The number of aromatic nitrogens is 2. The zero-order valence-corrected chi connectivity index (χ0v) is 18.3. The van der Waals surface area contributed by atoms with Gasteiger partial charge in [0, 0.05) is 6.20 Å². The number of phosphoric acid groups is 3. The lowest BCUT2D eigenvalue weighted by molar-refractivity contribution is -0.0467. The molecule has 0 aromatic carbocycles. The van der Waals surface area contributed by atoms with Crippen LogP contribution >= 0.6 is 35.1 Å². The summed E-state index contributed by atoms with van der Waals surface area (Å²) in [6, 6.07) is 1.14. The second-order valence-corrected chi connectivity index (χ2v) is 11.1. The van der Waals surface area contributed by atoms with Gasteiger partial charge in [-0.25, -0.2) is 22.9 Å². The van der Waals surface area contributed by atoms with Crippen molar-refractivity contribution in [3.05, 3.63) is 22.7 Å². The maximum absolute atomic E-state index is 13.6. The standard InChI is InChI=1S/C10H16ClFN3O13P3/c11-10(4-12)7(16)5(26-8(10)15-2-1-6(13)14-9(15)17)3-25-30(21,22)28-31(23,24)27-29(18,19)20/h1-2,5,7-8,16H,3-4H2,(H,21,22)(H,23,24)(H2,13,14,17)(H2,18,19,20)/t5-,7?,8-,10-/m1/s1. The van der Waals surface area contributed by atoms with Crippen molar-refractivity contribution in [1.82, 2.24) is 9.55 Å². The molecule has 0 aliphatic carbocycles. The molecule has 0 radical (unpaired) electrons. The third-order valence-electron chi connectivity index (χ3n) is 3.68. The lowest BCUT2D eigenvalue weighted by atomic mass is 10.00. The van der Waals surface area contributed by atoms with E-state index in [1.807, 2.05) is 0 Å². The van der Waals surface area contributed by atoms with Crippen LogP contribution < -0.4 is 11.4 Å². The van der Waals surface area contributed by atoms with Gasteiger partial charge in [0.05, 0.1) is 6.61 Å². The van der Waals surface area contributed by atoms with Crippen molar-refractivity contribution < 1.29 is 60.6 Å². The zero-order valence-electron chi connectivity index (χ0n) is 14.9. The fourth-order valence-corrected chi connectivity index (χ4v) is 5.78. The van der Waals surface area contributed by atoms with Gasteiger partial charge in [0.1, 0.15) is 29.6 Å². The van der Waals surface area contributed by atoms with Gasteiger partial charge in [-0.1, -0.05) is 0 Å². The maximum atomic E-state index is 13.6. The maximum Gasteiger partial charge on any atom is 0.490 e. The molecule has 7 N–H and O–H groups in total. The van der Waals surface area contributed by atoms with Crippen LogP contribution in [0.25, 0.3) is 0 Å². The fourth-order valence-electron chi connectivity index (χ4n) is 2.46. The minimum absolute atomic E-state index is 0.176. The van der Waals surface area contributed by atoms with Crippen LogP contribution in [-0.4, -0.2) is 64.6 Å². The van der Waals surface area contributed by atoms with E-state index < -0.39 is 65.7 Å². The lowest BCUT2D eigenvalue weighted by Gasteiger charge is -2.27. The number of phosphoric ester groups is 1. The molecular formula is C10H16ClFN3O13P3. The summed E-state index contributed by atoms with van der Waals surface area (Å²) in [4.78, 5) is 48.6. The summed E-state index contributed by atoms with van der Waals surface area (Å²) in [5.74, 6) is -0.176. The first-order chi connectivity index (χ1) is 14.0. The molecule has 21 heteroatoms. The number of rotatable bonds is 9. The molecule has 1 saturated heterocycles. The molecule has 1 aromatic rings. The fraction of sp³-hybridized carbons (Fsp3) is 0.600. The SMILES string of the molecule is Nc1ccn([C@@H]2O[C@H](COP(=O)(O)OP(=O)(O)OP(=O)(O)O)C(O)[C@]2(Cl)CF)c(=O)n1. The first kappa shape index (κ1) is 26.5. The van der Waals surface area contributed by atoms with E-state index in [-0.39, 0.29) is 5.82 Å². The van der Waals surface area contributed by atoms with E-state index in [4.69, 9.17) is 36.8 Å². The number of aliphatic hydroxyl groups excluding tert-OH is 1. The number of hydrogen-bond donors (Lipinski definition) is 6. The van der Waals surface area contributed by atoms with E-state index >= 15 is 0 Å². The summed E-state index contributed by atoms with van der Waals surface area (Å²) < 4.78 is 64.7. The Morgan fingerprint density at radius 1 is 1.26 bits per heavy atom. The molecule has 1 fully saturated rings. The molecule has 1 aliphatic rings. The first-order valence-corrected chi connectivity index (χ1v) is 12.6. The van der Waals surface area contributed by atoms with Crippen LogP contribution in [0.4, 0.5) is 10.2 Å².